The van der Waals surface area contributed by atoms with Crippen LogP contribution in [0.5, 0.6) is 5.75 Å². The molecule has 1 heterocycles. The van der Waals surface area contributed by atoms with Gasteiger partial charge >= 0.3 is 0 Å². The number of fused-ring (bicyclic) bond motifs is 1. The first-order chi connectivity index (χ1) is 9.30. The Bertz CT molecular complexity index is 702. The van der Waals surface area contributed by atoms with Gasteiger partial charge in [0, 0.05) is 24.4 Å². The van der Waals surface area contributed by atoms with E-state index in [4.69, 9.17) is 9.15 Å². The van der Waals surface area contributed by atoms with Crippen LogP contribution in [0.15, 0.2) is 46.9 Å². The van der Waals surface area contributed by atoms with Gasteiger partial charge in [-0.25, -0.2) is 4.98 Å². The number of ether oxygens (including phenoxy) is 1. The quantitative estimate of drug-likeness (QED) is 0.776. The lowest BCUT2D eigenvalue weighted by Gasteiger charge is -1.99. The molecule has 19 heavy (non-hydrogen) atoms. The van der Waals surface area contributed by atoms with Crippen molar-refractivity contribution in [1.82, 2.24) is 4.98 Å². The molecule has 0 fully saturated rings. The predicted octanol–water partition coefficient (Wildman–Crippen LogP) is 3.55. The van der Waals surface area contributed by atoms with Gasteiger partial charge in [0.05, 0.1) is 7.11 Å². The fraction of sp³-hybridized carbons (Fsp3) is 0.133. The molecule has 4 nitrogen and oxygen atoms in total. The van der Waals surface area contributed by atoms with Crippen LogP contribution < -0.4 is 10.1 Å². The molecule has 0 bridgehead atoms. The third kappa shape index (κ3) is 2.12. The normalized spacial score (nSPS) is 10.6. The fourth-order valence-electron chi connectivity index (χ4n) is 1.94. The standard InChI is InChI=1S/C15H14N2O2/c1-16-11-5-8-13-14(9-11)19-15(17-13)10-3-6-12(18-2)7-4-10/h3-9,16H,1-2H3. The number of oxazole rings is 1. The van der Waals surface area contributed by atoms with Crippen molar-refractivity contribution < 1.29 is 9.15 Å². The van der Waals surface area contributed by atoms with Gasteiger partial charge in [-0.05, 0) is 36.4 Å². The van der Waals surface area contributed by atoms with E-state index in [1.807, 2.05) is 49.5 Å². The van der Waals surface area contributed by atoms with E-state index in [1.54, 1.807) is 7.11 Å². The third-order valence-corrected chi connectivity index (χ3v) is 3.01. The van der Waals surface area contributed by atoms with E-state index < -0.39 is 0 Å². The average Bonchev–Trinajstić information content (AvgIpc) is 2.90. The number of methoxy groups -OCH3 is 1. The van der Waals surface area contributed by atoms with Gasteiger partial charge in [0.1, 0.15) is 11.3 Å². The molecule has 96 valence electrons. The Hall–Kier alpha value is -2.49. The second-order valence-corrected chi connectivity index (χ2v) is 4.18. The van der Waals surface area contributed by atoms with Crippen molar-refractivity contribution in [3.05, 3.63) is 42.5 Å². The van der Waals surface area contributed by atoms with Crippen LogP contribution in [0.3, 0.4) is 0 Å². The van der Waals surface area contributed by atoms with Crippen LogP contribution >= 0.6 is 0 Å². The minimum absolute atomic E-state index is 0.617. The molecule has 1 aromatic heterocycles. The fourth-order valence-corrected chi connectivity index (χ4v) is 1.94. The lowest BCUT2D eigenvalue weighted by atomic mass is 10.2. The molecule has 4 heteroatoms. The number of anilines is 1. The van der Waals surface area contributed by atoms with E-state index in [-0.39, 0.29) is 0 Å². The van der Waals surface area contributed by atoms with Crippen LogP contribution in [0.1, 0.15) is 0 Å². The van der Waals surface area contributed by atoms with Gasteiger partial charge in [-0.1, -0.05) is 0 Å². The highest BCUT2D eigenvalue weighted by Gasteiger charge is 2.08. The smallest absolute Gasteiger partial charge is 0.227 e. The van der Waals surface area contributed by atoms with Crippen molar-refractivity contribution in [2.24, 2.45) is 0 Å². The van der Waals surface area contributed by atoms with Gasteiger partial charge in [0.15, 0.2) is 5.58 Å². The molecule has 0 spiro atoms. The molecule has 2 aromatic carbocycles. The van der Waals surface area contributed by atoms with Crippen molar-refractivity contribution in [3.8, 4) is 17.2 Å². The lowest BCUT2D eigenvalue weighted by molar-refractivity contribution is 0.415. The maximum Gasteiger partial charge on any atom is 0.227 e. The number of aromatic nitrogens is 1. The van der Waals surface area contributed by atoms with Gasteiger partial charge in [0.2, 0.25) is 5.89 Å². The minimum Gasteiger partial charge on any atom is -0.497 e. The van der Waals surface area contributed by atoms with E-state index in [1.165, 1.54) is 0 Å². The predicted molar refractivity (Wildman–Crippen MR) is 75.5 cm³/mol. The number of rotatable bonds is 3. The zero-order chi connectivity index (χ0) is 13.2. The van der Waals surface area contributed by atoms with Crippen molar-refractivity contribution >= 4 is 16.8 Å². The highest BCUT2D eigenvalue weighted by molar-refractivity contribution is 5.79. The molecule has 0 aliphatic heterocycles. The number of benzene rings is 2. The topological polar surface area (TPSA) is 47.3 Å². The molecule has 3 rings (SSSR count). The Morgan fingerprint density at radius 1 is 1.11 bits per heavy atom. The Morgan fingerprint density at radius 3 is 2.58 bits per heavy atom. The average molecular weight is 254 g/mol. The number of hydrogen-bond acceptors (Lipinski definition) is 4. The summed E-state index contributed by atoms with van der Waals surface area (Å²) in [5, 5.41) is 3.08. The summed E-state index contributed by atoms with van der Waals surface area (Å²) >= 11 is 0. The molecule has 0 aliphatic carbocycles. The summed E-state index contributed by atoms with van der Waals surface area (Å²) in [6.07, 6.45) is 0. The molecular formula is C15H14N2O2. The SMILES string of the molecule is CNc1ccc2nc(-c3ccc(OC)cc3)oc2c1. The van der Waals surface area contributed by atoms with Crippen LogP contribution in [0.25, 0.3) is 22.6 Å². The van der Waals surface area contributed by atoms with Gasteiger partial charge < -0.3 is 14.5 Å². The molecule has 0 saturated carbocycles. The van der Waals surface area contributed by atoms with E-state index >= 15 is 0 Å². The zero-order valence-corrected chi connectivity index (χ0v) is 10.8. The Kier molecular flexibility index (Phi) is 2.83. The molecule has 3 aromatic rings. The molecule has 0 unspecified atom stereocenters. The number of hydrogen-bond donors (Lipinski definition) is 1. The molecule has 0 aliphatic rings. The first kappa shape index (κ1) is 11.6. The third-order valence-electron chi connectivity index (χ3n) is 3.01. The maximum atomic E-state index is 5.78. The van der Waals surface area contributed by atoms with Gasteiger partial charge in [-0.2, -0.15) is 0 Å². The van der Waals surface area contributed by atoms with Gasteiger partial charge in [0.25, 0.3) is 0 Å². The van der Waals surface area contributed by atoms with E-state index in [0.717, 1.165) is 28.1 Å². The Morgan fingerprint density at radius 2 is 1.89 bits per heavy atom. The Labute approximate surface area is 111 Å². The van der Waals surface area contributed by atoms with E-state index in [2.05, 4.69) is 10.3 Å². The molecule has 0 saturated heterocycles. The molecular weight excluding hydrogens is 240 g/mol. The summed E-state index contributed by atoms with van der Waals surface area (Å²) in [6.45, 7) is 0. The van der Waals surface area contributed by atoms with Crippen LogP contribution in [0, 0.1) is 0 Å². The summed E-state index contributed by atoms with van der Waals surface area (Å²) in [4.78, 5) is 4.48. The van der Waals surface area contributed by atoms with E-state index in [9.17, 15) is 0 Å². The van der Waals surface area contributed by atoms with E-state index in [0.29, 0.717) is 5.89 Å². The first-order valence-corrected chi connectivity index (χ1v) is 6.03. The van der Waals surface area contributed by atoms with Gasteiger partial charge in [-0.15, -0.1) is 0 Å². The molecule has 1 N–H and O–H groups in total. The van der Waals surface area contributed by atoms with Crippen LogP contribution in [0.2, 0.25) is 0 Å². The maximum absolute atomic E-state index is 5.78. The summed E-state index contributed by atoms with van der Waals surface area (Å²) in [7, 11) is 3.52. The zero-order valence-electron chi connectivity index (χ0n) is 10.8. The summed E-state index contributed by atoms with van der Waals surface area (Å²) in [5.74, 6) is 1.43. The van der Waals surface area contributed by atoms with Crippen LogP contribution in [-0.4, -0.2) is 19.1 Å². The number of nitrogens with zero attached hydrogens (tertiary/aromatic N) is 1. The number of nitrogens with one attached hydrogen (secondary N) is 1. The molecule has 0 amide bonds. The van der Waals surface area contributed by atoms with Crippen molar-refractivity contribution in [3.63, 3.8) is 0 Å². The Balaban J connectivity index is 2.04. The highest BCUT2D eigenvalue weighted by Crippen LogP contribution is 2.27. The monoisotopic (exact) mass is 254 g/mol. The van der Waals surface area contributed by atoms with Crippen LogP contribution in [-0.2, 0) is 0 Å². The highest BCUT2D eigenvalue weighted by atomic mass is 16.5. The second-order valence-electron chi connectivity index (χ2n) is 4.18. The van der Waals surface area contributed by atoms with Crippen molar-refractivity contribution in [2.75, 3.05) is 19.5 Å². The second kappa shape index (κ2) is 4.65. The minimum atomic E-state index is 0.617. The summed E-state index contributed by atoms with van der Waals surface area (Å²) in [6, 6.07) is 13.5. The van der Waals surface area contributed by atoms with Gasteiger partial charge in [-0.3, -0.25) is 0 Å². The van der Waals surface area contributed by atoms with Crippen molar-refractivity contribution in [1.29, 1.82) is 0 Å². The van der Waals surface area contributed by atoms with Crippen LogP contribution in [0.4, 0.5) is 5.69 Å². The lowest BCUT2D eigenvalue weighted by Crippen LogP contribution is -1.85. The molecule has 0 radical (unpaired) electrons. The summed E-state index contributed by atoms with van der Waals surface area (Å²) < 4.78 is 10.9. The largest absolute Gasteiger partial charge is 0.497 e. The first-order valence-electron chi connectivity index (χ1n) is 6.03. The molecule has 0 atom stereocenters. The summed E-state index contributed by atoms with van der Waals surface area (Å²) in [5.41, 5.74) is 3.57. The van der Waals surface area contributed by atoms with Crippen molar-refractivity contribution in [2.45, 2.75) is 0 Å².